The number of hydrogen-bond acceptors (Lipinski definition) is 4. The molecule has 92 valence electrons. The zero-order chi connectivity index (χ0) is 12.8. The summed E-state index contributed by atoms with van der Waals surface area (Å²) in [6, 6.07) is 1.66. The summed E-state index contributed by atoms with van der Waals surface area (Å²) in [6.07, 6.45) is 1.32. The van der Waals surface area contributed by atoms with Crippen molar-refractivity contribution in [3.63, 3.8) is 0 Å². The van der Waals surface area contributed by atoms with Crippen molar-refractivity contribution in [1.82, 2.24) is 10.3 Å². The average Bonchev–Trinajstić information content (AvgIpc) is 2.23. The molecule has 1 amide bonds. The Morgan fingerprint density at radius 3 is 2.71 bits per heavy atom. The van der Waals surface area contributed by atoms with Crippen molar-refractivity contribution in [2.24, 2.45) is 0 Å². The summed E-state index contributed by atoms with van der Waals surface area (Å²) in [7, 11) is 0. The number of rotatable bonds is 5. The van der Waals surface area contributed by atoms with E-state index in [1.807, 2.05) is 0 Å². The van der Waals surface area contributed by atoms with Crippen molar-refractivity contribution in [3.05, 3.63) is 23.5 Å². The standard InChI is InChI=1S/C11H15N3O3/c1-7-5-10(9(6-14-7)11(16)17)13-4-3-12-8(2)15/h5-6H,3-4H2,1-2H3,(H,12,15)(H,13,14)(H,16,17). The highest BCUT2D eigenvalue weighted by Crippen LogP contribution is 2.15. The molecule has 0 saturated heterocycles. The van der Waals surface area contributed by atoms with Gasteiger partial charge in [0, 0.05) is 31.9 Å². The van der Waals surface area contributed by atoms with Gasteiger partial charge in [-0.1, -0.05) is 0 Å². The van der Waals surface area contributed by atoms with Crippen LogP contribution in [0, 0.1) is 6.92 Å². The number of carbonyl (C=O) groups excluding carboxylic acids is 1. The van der Waals surface area contributed by atoms with Crippen molar-refractivity contribution >= 4 is 17.6 Å². The molecule has 0 aliphatic heterocycles. The van der Waals surface area contributed by atoms with Crippen molar-refractivity contribution in [2.45, 2.75) is 13.8 Å². The molecule has 1 aromatic heterocycles. The van der Waals surface area contributed by atoms with E-state index < -0.39 is 5.97 Å². The Hall–Kier alpha value is -2.11. The third-order valence-electron chi connectivity index (χ3n) is 2.09. The number of aromatic carboxylic acids is 1. The number of aryl methyl sites for hydroxylation is 1. The first kappa shape index (κ1) is 13.0. The number of nitrogens with one attached hydrogen (secondary N) is 2. The molecule has 3 N–H and O–H groups in total. The molecule has 0 atom stereocenters. The van der Waals surface area contributed by atoms with E-state index in [0.717, 1.165) is 5.69 Å². The number of carbonyl (C=O) groups is 2. The van der Waals surface area contributed by atoms with Crippen molar-refractivity contribution in [1.29, 1.82) is 0 Å². The molecular weight excluding hydrogens is 222 g/mol. The number of anilines is 1. The molecule has 0 aliphatic rings. The number of carboxylic acid groups (broad SMARTS) is 1. The van der Waals surface area contributed by atoms with Crippen LogP contribution in [0.3, 0.4) is 0 Å². The van der Waals surface area contributed by atoms with Crippen molar-refractivity contribution in [3.8, 4) is 0 Å². The molecule has 0 aromatic carbocycles. The summed E-state index contributed by atoms with van der Waals surface area (Å²) in [4.78, 5) is 25.5. The van der Waals surface area contributed by atoms with Gasteiger partial charge in [0.1, 0.15) is 5.56 Å². The van der Waals surface area contributed by atoms with Crippen LogP contribution in [-0.4, -0.2) is 35.1 Å². The van der Waals surface area contributed by atoms with Crippen LogP contribution in [0.15, 0.2) is 12.3 Å². The quantitative estimate of drug-likeness (QED) is 0.653. The van der Waals surface area contributed by atoms with E-state index >= 15 is 0 Å². The lowest BCUT2D eigenvalue weighted by Gasteiger charge is -2.10. The third-order valence-corrected chi connectivity index (χ3v) is 2.09. The molecule has 0 fully saturated rings. The summed E-state index contributed by atoms with van der Waals surface area (Å²) in [5.74, 6) is -1.14. The largest absolute Gasteiger partial charge is 0.478 e. The van der Waals surface area contributed by atoms with Crippen LogP contribution in [0.4, 0.5) is 5.69 Å². The number of nitrogens with zero attached hydrogens (tertiary/aromatic N) is 1. The third kappa shape index (κ3) is 4.10. The lowest BCUT2D eigenvalue weighted by Crippen LogP contribution is -2.26. The number of hydrogen-bond donors (Lipinski definition) is 3. The molecule has 1 rings (SSSR count). The molecule has 6 heteroatoms. The molecule has 0 unspecified atom stereocenters. The van der Waals surface area contributed by atoms with Gasteiger partial charge in [0.05, 0.1) is 5.69 Å². The van der Waals surface area contributed by atoms with Crippen LogP contribution in [0.25, 0.3) is 0 Å². The zero-order valence-corrected chi connectivity index (χ0v) is 9.78. The Kier molecular flexibility index (Phi) is 4.45. The molecule has 1 aromatic rings. The van der Waals surface area contributed by atoms with Crippen LogP contribution >= 0.6 is 0 Å². The van der Waals surface area contributed by atoms with Crippen LogP contribution in [-0.2, 0) is 4.79 Å². The van der Waals surface area contributed by atoms with E-state index in [4.69, 9.17) is 5.11 Å². The van der Waals surface area contributed by atoms with Gasteiger partial charge in [0.25, 0.3) is 0 Å². The fourth-order valence-electron chi connectivity index (χ4n) is 1.31. The summed E-state index contributed by atoms with van der Waals surface area (Å²) >= 11 is 0. The highest BCUT2D eigenvalue weighted by Gasteiger charge is 2.10. The van der Waals surface area contributed by atoms with Gasteiger partial charge in [-0.25, -0.2) is 4.79 Å². The van der Waals surface area contributed by atoms with Crippen LogP contribution in [0.2, 0.25) is 0 Å². The lowest BCUT2D eigenvalue weighted by molar-refractivity contribution is -0.118. The molecule has 0 saturated carbocycles. The maximum atomic E-state index is 10.9. The first-order chi connectivity index (χ1) is 8.00. The summed E-state index contributed by atoms with van der Waals surface area (Å²) in [5, 5.41) is 14.5. The minimum Gasteiger partial charge on any atom is -0.478 e. The molecule has 0 aliphatic carbocycles. The smallest absolute Gasteiger partial charge is 0.339 e. The summed E-state index contributed by atoms with van der Waals surface area (Å²) < 4.78 is 0. The van der Waals surface area contributed by atoms with Gasteiger partial charge in [0.2, 0.25) is 5.91 Å². The minimum atomic E-state index is -1.03. The van der Waals surface area contributed by atoms with Gasteiger partial charge in [-0.2, -0.15) is 0 Å². The minimum absolute atomic E-state index is 0.115. The fourth-order valence-corrected chi connectivity index (χ4v) is 1.31. The number of amides is 1. The van der Waals surface area contributed by atoms with E-state index in [0.29, 0.717) is 18.8 Å². The average molecular weight is 237 g/mol. The predicted molar refractivity (Wildman–Crippen MR) is 63.1 cm³/mol. The molecule has 0 bridgehead atoms. The Balaban J connectivity index is 2.65. The monoisotopic (exact) mass is 237 g/mol. The molecule has 0 spiro atoms. The summed E-state index contributed by atoms with van der Waals surface area (Å²) in [6.45, 7) is 4.11. The molecular formula is C11H15N3O3. The molecule has 17 heavy (non-hydrogen) atoms. The van der Waals surface area contributed by atoms with Crippen molar-refractivity contribution < 1.29 is 14.7 Å². The molecule has 1 heterocycles. The van der Waals surface area contributed by atoms with Crippen LogP contribution in [0.1, 0.15) is 23.0 Å². The second kappa shape index (κ2) is 5.83. The van der Waals surface area contributed by atoms with E-state index in [2.05, 4.69) is 15.6 Å². The highest BCUT2D eigenvalue weighted by molar-refractivity contribution is 5.93. The van der Waals surface area contributed by atoms with Crippen LogP contribution < -0.4 is 10.6 Å². The first-order valence-corrected chi connectivity index (χ1v) is 5.19. The Morgan fingerprint density at radius 1 is 1.41 bits per heavy atom. The van der Waals surface area contributed by atoms with Crippen molar-refractivity contribution in [2.75, 3.05) is 18.4 Å². The van der Waals surface area contributed by atoms with Crippen LogP contribution in [0.5, 0.6) is 0 Å². The van der Waals surface area contributed by atoms with Gasteiger partial charge in [-0.15, -0.1) is 0 Å². The lowest BCUT2D eigenvalue weighted by atomic mass is 10.2. The highest BCUT2D eigenvalue weighted by atomic mass is 16.4. The second-order valence-corrected chi connectivity index (χ2v) is 3.59. The molecule has 6 nitrogen and oxygen atoms in total. The van der Waals surface area contributed by atoms with Gasteiger partial charge in [0.15, 0.2) is 0 Å². The Morgan fingerprint density at radius 2 is 2.12 bits per heavy atom. The van der Waals surface area contributed by atoms with Gasteiger partial charge in [-0.05, 0) is 13.0 Å². The Labute approximate surface area is 99.1 Å². The van der Waals surface area contributed by atoms with E-state index in [1.165, 1.54) is 13.1 Å². The molecule has 0 radical (unpaired) electrons. The van der Waals surface area contributed by atoms with E-state index in [-0.39, 0.29) is 11.5 Å². The second-order valence-electron chi connectivity index (χ2n) is 3.59. The Bertz CT molecular complexity index is 432. The first-order valence-electron chi connectivity index (χ1n) is 5.19. The zero-order valence-electron chi connectivity index (χ0n) is 9.78. The number of carboxylic acids is 1. The topological polar surface area (TPSA) is 91.3 Å². The SMILES string of the molecule is CC(=O)NCCNc1cc(C)ncc1C(=O)O. The number of pyridine rings is 1. The summed E-state index contributed by atoms with van der Waals surface area (Å²) in [5.41, 5.74) is 1.37. The van der Waals surface area contributed by atoms with E-state index in [9.17, 15) is 9.59 Å². The number of aromatic nitrogens is 1. The maximum Gasteiger partial charge on any atom is 0.339 e. The van der Waals surface area contributed by atoms with E-state index in [1.54, 1.807) is 13.0 Å². The van der Waals surface area contributed by atoms with Gasteiger partial charge >= 0.3 is 5.97 Å². The predicted octanol–water partition coefficient (Wildman–Crippen LogP) is 0.636. The maximum absolute atomic E-state index is 10.9. The van der Waals surface area contributed by atoms with Gasteiger partial charge in [-0.3, -0.25) is 9.78 Å². The van der Waals surface area contributed by atoms with Gasteiger partial charge < -0.3 is 15.7 Å². The normalized spacial score (nSPS) is 9.76. The fraction of sp³-hybridized carbons (Fsp3) is 0.364.